The van der Waals surface area contributed by atoms with Crippen molar-refractivity contribution in [3.8, 4) is 0 Å². The Labute approximate surface area is 142 Å². The van der Waals surface area contributed by atoms with Crippen LogP contribution in [-0.4, -0.2) is 10.5 Å². The quantitative estimate of drug-likeness (QED) is 0.835. The Morgan fingerprint density at radius 1 is 1.26 bits per heavy atom. The Morgan fingerprint density at radius 2 is 1.96 bits per heavy atom. The van der Waals surface area contributed by atoms with Gasteiger partial charge in [-0.2, -0.15) is 13.2 Å². The first-order valence-corrected chi connectivity index (χ1v) is 7.36. The van der Waals surface area contributed by atoms with Crippen molar-refractivity contribution in [2.75, 3.05) is 5.32 Å². The number of anilines is 1. The minimum absolute atomic E-state index is 0.254. The maximum Gasteiger partial charge on any atom is 0.417 e. The minimum Gasteiger partial charge on any atom is -0.323 e. The minimum atomic E-state index is -4.60. The van der Waals surface area contributed by atoms with Gasteiger partial charge in [0, 0.05) is 16.7 Å². The van der Waals surface area contributed by atoms with Crippen LogP contribution in [0.15, 0.2) is 45.8 Å². The SMILES string of the molecule is O=C(Cn1cc(C(F)(F)F)ccc1=O)Nc1ccc(Br)cc1Cl. The number of aromatic nitrogens is 1. The van der Waals surface area contributed by atoms with E-state index in [9.17, 15) is 22.8 Å². The number of nitrogens with one attached hydrogen (secondary N) is 1. The van der Waals surface area contributed by atoms with Gasteiger partial charge in [-0.15, -0.1) is 0 Å². The van der Waals surface area contributed by atoms with Crippen LogP contribution in [0.1, 0.15) is 5.56 Å². The number of carbonyl (C=O) groups excluding carboxylic acids is 1. The number of carbonyl (C=O) groups is 1. The first kappa shape index (κ1) is 17.6. The highest BCUT2D eigenvalue weighted by atomic mass is 79.9. The van der Waals surface area contributed by atoms with Crippen LogP contribution in [0, 0.1) is 0 Å². The molecule has 23 heavy (non-hydrogen) atoms. The second-order valence-electron chi connectivity index (χ2n) is 4.55. The van der Waals surface area contributed by atoms with Crippen LogP contribution in [-0.2, 0) is 17.5 Å². The van der Waals surface area contributed by atoms with Crippen LogP contribution in [0.5, 0.6) is 0 Å². The number of halogens is 5. The molecule has 1 aromatic carbocycles. The summed E-state index contributed by atoms with van der Waals surface area (Å²) in [5.41, 5.74) is -1.43. The highest BCUT2D eigenvalue weighted by molar-refractivity contribution is 9.10. The van der Waals surface area contributed by atoms with Crippen molar-refractivity contribution < 1.29 is 18.0 Å². The highest BCUT2D eigenvalue weighted by Gasteiger charge is 2.31. The van der Waals surface area contributed by atoms with E-state index in [1.807, 2.05) is 0 Å². The molecule has 0 saturated carbocycles. The van der Waals surface area contributed by atoms with Gasteiger partial charge in [-0.25, -0.2) is 0 Å². The van der Waals surface area contributed by atoms with Crippen LogP contribution in [0.25, 0.3) is 0 Å². The Hall–Kier alpha value is -1.80. The fourth-order valence-electron chi connectivity index (χ4n) is 1.76. The lowest BCUT2D eigenvalue weighted by Gasteiger charge is -2.11. The third-order valence-corrected chi connectivity index (χ3v) is 3.64. The fourth-order valence-corrected chi connectivity index (χ4v) is 2.48. The van der Waals surface area contributed by atoms with Crippen molar-refractivity contribution in [2.24, 2.45) is 0 Å². The molecule has 122 valence electrons. The van der Waals surface area contributed by atoms with Gasteiger partial charge in [0.1, 0.15) is 6.54 Å². The lowest BCUT2D eigenvalue weighted by Crippen LogP contribution is -2.28. The molecular weight excluding hydrogens is 401 g/mol. The van der Waals surface area contributed by atoms with E-state index in [0.717, 1.165) is 6.07 Å². The summed E-state index contributed by atoms with van der Waals surface area (Å²) < 4.78 is 39.3. The summed E-state index contributed by atoms with van der Waals surface area (Å²) in [4.78, 5) is 23.5. The molecule has 9 heteroatoms. The van der Waals surface area contributed by atoms with Crippen LogP contribution < -0.4 is 10.9 Å². The Balaban J connectivity index is 2.18. The third-order valence-electron chi connectivity index (χ3n) is 2.83. The van der Waals surface area contributed by atoms with E-state index >= 15 is 0 Å². The van der Waals surface area contributed by atoms with Crippen molar-refractivity contribution in [1.82, 2.24) is 4.57 Å². The second-order valence-corrected chi connectivity index (χ2v) is 5.88. The Bertz CT molecular complexity index is 805. The molecule has 4 nitrogen and oxygen atoms in total. The van der Waals surface area contributed by atoms with E-state index in [-0.39, 0.29) is 5.02 Å². The summed E-state index contributed by atoms with van der Waals surface area (Å²) in [5, 5.41) is 2.69. The number of nitrogens with zero attached hydrogens (tertiary/aromatic N) is 1. The molecule has 1 aromatic heterocycles. The molecule has 0 aliphatic rings. The molecule has 1 heterocycles. The van der Waals surface area contributed by atoms with Gasteiger partial charge < -0.3 is 9.88 Å². The molecule has 0 bridgehead atoms. The maximum absolute atomic E-state index is 12.6. The molecule has 0 saturated heterocycles. The number of benzene rings is 1. The summed E-state index contributed by atoms with van der Waals surface area (Å²) in [6.07, 6.45) is -3.99. The Morgan fingerprint density at radius 3 is 2.57 bits per heavy atom. The van der Waals surface area contributed by atoms with Gasteiger partial charge in [0.05, 0.1) is 16.3 Å². The summed E-state index contributed by atoms with van der Waals surface area (Å²) in [6, 6.07) is 6.15. The normalized spacial score (nSPS) is 11.3. The zero-order chi connectivity index (χ0) is 17.2. The first-order chi connectivity index (χ1) is 10.7. The van der Waals surface area contributed by atoms with Crippen molar-refractivity contribution in [1.29, 1.82) is 0 Å². The standard InChI is InChI=1S/C14H9BrClF3N2O2/c15-9-2-3-11(10(16)5-9)20-12(22)7-21-6-8(14(17,18)19)1-4-13(21)23/h1-6H,7H2,(H,20,22). The van der Waals surface area contributed by atoms with Gasteiger partial charge in [-0.05, 0) is 24.3 Å². The monoisotopic (exact) mass is 408 g/mol. The van der Waals surface area contributed by atoms with Crippen molar-refractivity contribution in [3.05, 3.63) is 61.9 Å². The topological polar surface area (TPSA) is 51.1 Å². The maximum atomic E-state index is 12.6. The number of amides is 1. The largest absolute Gasteiger partial charge is 0.417 e. The third kappa shape index (κ3) is 4.59. The smallest absolute Gasteiger partial charge is 0.323 e. The molecule has 2 rings (SSSR count). The zero-order valence-electron chi connectivity index (χ0n) is 11.3. The number of pyridine rings is 1. The number of alkyl halides is 3. The highest BCUT2D eigenvalue weighted by Crippen LogP contribution is 2.28. The number of hydrogen-bond acceptors (Lipinski definition) is 2. The Kier molecular flexibility index (Phi) is 5.16. The predicted octanol–water partition coefficient (Wildman–Crippen LogP) is 3.92. The van der Waals surface area contributed by atoms with E-state index in [1.165, 1.54) is 6.07 Å². The molecule has 0 aliphatic heterocycles. The van der Waals surface area contributed by atoms with E-state index in [4.69, 9.17) is 11.6 Å². The van der Waals surface area contributed by atoms with Gasteiger partial charge in [-0.1, -0.05) is 27.5 Å². The summed E-state index contributed by atoms with van der Waals surface area (Å²) in [7, 11) is 0. The van der Waals surface area contributed by atoms with Crippen LogP contribution in [0.2, 0.25) is 5.02 Å². The molecular formula is C14H9BrClF3N2O2. The molecule has 0 radical (unpaired) electrons. The lowest BCUT2D eigenvalue weighted by atomic mass is 10.2. The molecule has 0 spiro atoms. The zero-order valence-corrected chi connectivity index (χ0v) is 13.7. The van der Waals surface area contributed by atoms with Gasteiger partial charge in [0.25, 0.3) is 5.56 Å². The van der Waals surface area contributed by atoms with Gasteiger partial charge in [0.15, 0.2) is 0 Å². The van der Waals surface area contributed by atoms with Gasteiger partial charge >= 0.3 is 6.18 Å². The predicted molar refractivity (Wildman–Crippen MR) is 83.5 cm³/mol. The summed E-state index contributed by atoms with van der Waals surface area (Å²) in [5.74, 6) is -0.671. The van der Waals surface area contributed by atoms with Crippen molar-refractivity contribution in [2.45, 2.75) is 12.7 Å². The summed E-state index contributed by atoms with van der Waals surface area (Å²) in [6.45, 7) is -0.560. The van der Waals surface area contributed by atoms with E-state index in [1.54, 1.807) is 12.1 Å². The van der Waals surface area contributed by atoms with Crippen LogP contribution >= 0.6 is 27.5 Å². The average molecular weight is 410 g/mol. The van der Waals surface area contributed by atoms with Crippen molar-refractivity contribution in [3.63, 3.8) is 0 Å². The molecule has 0 atom stereocenters. The summed E-state index contributed by atoms with van der Waals surface area (Å²) >= 11 is 9.13. The number of rotatable bonds is 3. The second kappa shape index (κ2) is 6.76. The van der Waals surface area contributed by atoms with Gasteiger partial charge in [-0.3, -0.25) is 9.59 Å². The number of hydrogen-bond donors (Lipinski definition) is 1. The molecule has 1 amide bonds. The first-order valence-electron chi connectivity index (χ1n) is 6.19. The van der Waals surface area contributed by atoms with E-state index in [2.05, 4.69) is 21.2 Å². The van der Waals surface area contributed by atoms with E-state index < -0.39 is 29.8 Å². The van der Waals surface area contributed by atoms with E-state index in [0.29, 0.717) is 27.0 Å². The molecule has 0 aliphatic carbocycles. The molecule has 1 N–H and O–H groups in total. The van der Waals surface area contributed by atoms with Crippen LogP contribution in [0.4, 0.5) is 18.9 Å². The molecule has 0 unspecified atom stereocenters. The van der Waals surface area contributed by atoms with Gasteiger partial charge in [0.2, 0.25) is 5.91 Å². The van der Waals surface area contributed by atoms with Crippen LogP contribution in [0.3, 0.4) is 0 Å². The molecule has 0 fully saturated rings. The average Bonchev–Trinajstić information content (AvgIpc) is 2.43. The molecule has 2 aromatic rings. The fraction of sp³-hybridized carbons (Fsp3) is 0.143. The lowest BCUT2D eigenvalue weighted by molar-refractivity contribution is -0.138. The van der Waals surface area contributed by atoms with Crippen molar-refractivity contribution >= 4 is 39.1 Å².